The lowest BCUT2D eigenvalue weighted by molar-refractivity contribution is 0.102. The lowest BCUT2D eigenvalue weighted by atomic mass is 9.93. The number of H-pyrrole nitrogens is 1. The molecule has 9 heteroatoms. The van der Waals surface area contributed by atoms with Crippen LogP contribution in [0.15, 0.2) is 23.4 Å². The predicted octanol–water partition coefficient (Wildman–Crippen LogP) is 3.26. The molecule has 3 N–H and O–H groups in total. The topological polar surface area (TPSA) is 101 Å². The SMILES string of the molecule is CCCNCCOc1ccc(NC(=O)c2n[nH]c3c2/C(=N/OCC)CCC3)cc1F. The monoisotopic (exact) mass is 417 g/mol. The number of nitrogens with zero attached hydrogens (tertiary/aromatic N) is 2. The van der Waals surface area contributed by atoms with Crippen LogP contribution in [0.2, 0.25) is 0 Å². The maximum atomic E-state index is 14.3. The summed E-state index contributed by atoms with van der Waals surface area (Å²) in [6.45, 7) is 6.27. The third kappa shape index (κ3) is 5.35. The number of rotatable bonds is 10. The number of fused-ring (bicyclic) bond motifs is 1. The summed E-state index contributed by atoms with van der Waals surface area (Å²) < 4.78 is 19.8. The lowest BCUT2D eigenvalue weighted by Crippen LogP contribution is -2.22. The first-order valence-electron chi connectivity index (χ1n) is 10.3. The number of hydrogen-bond acceptors (Lipinski definition) is 6. The first-order valence-corrected chi connectivity index (χ1v) is 10.3. The smallest absolute Gasteiger partial charge is 0.276 e. The van der Waals surface area contributed by atoms with Gasteiger partial charge < -0.3 is 20.2 Å². The number of hydrogen-bond donors (Lipinski definition) is 3. The van der Waals surface area contributed by atoms with Crippen molar-refractivity contribution < 1.29 is 18.8 Å². The highest BCUT2D eigenvalue weighted by Gasteiger charge is 2.27. The molecule has 30 heavy (non-hydrogen) atoms. The van der Waals surface area contributed by atoms with Crippen LogP contribution in [-0.2, 0) is 11.3 Å². The number of carbonyl (C=O) groups excluding carboxylic acids is 1. The first kappa shape index (κ1) is 21.8. The summed E-state index contributed by atoms with van der Waals surface area (Å²) in [7, 11) is 0. The summed E-state index contributed by atoms with van der Waals surface area (Å²) in [6.07, 6.45) is 3.43. The van der Waals surface area contributed by atoms with Crippen LogP contribution in [0.4, 0.5) is 10.1 Å². The Balaban J connectivity index is 1.67. The molecule has 0 aliphatic heterocycles. The quantitative estimate of drug-likeness (QED) is 0.407. The zero-order valence-corrected chi connectivity index (χ0v) is 17.4. The molecular formula is C21H28FN5O3. The van der Waals surface area contributed by atoms with Crippen molar-refractivity contribution >= 4 is 17.3 Å². The van der Waals surface area contributed by atoms with Crippen molar-refractivity contribution in [1.82, 2.24) is 15.5 Å². The predicted molar refractivity (Wildman–Crippen MR) is 113 cm³/mol. The molecule has 0 bridgehead atoms. The summed E-state index contributed by atoms with van der Waals surface area (Å²) in [5.74, 6) is -0.823. The number of amides is 1. The maximum absolute atomic E-state index is 14.3. The van der Waals surface area contributed by atoms with Gasteiger partial charge in [0.05, 0.1) is 11.3 Å². The van der Waals surface area contributed by atoms with Gasteiger partial charge in [-0.05, 0) is 51.3 Å². The maximum Gasteiger partial charge on any atom is 0.276 e. The van der Waals surface area contributed by atoms with Crippen LogP contribution >= 0.6 is 0 Å². The fraction of sp³-hybridized carbons (Fsp3) is 0.476. The van der Waals surface area contributed by atoms with Crippen molar-refractivity contribution in [2.24, 2.45) is 5.16 Å². The van der Waals surface area contributed by atoms with Crippen LogP contribution in [0, 0.1) is 5.82 Å². The van der Waals surface area contributed by atoms with Gasteiger partial charge in [0.1, 0.15) is 13.2 Å². The van der Waals surface area contributed by atoms with Gasteiger partial charge in [0.2, 0.25) is 0 Å². The zero-order valence-electron chi connectivity index (χ0n) is 17.4. The normalized spacial score (nSPS) is 14.4. The Morgan fingerprint density at radius 1 is 1.30 bits per heavy atom. The number of aromatic nitrogens is 2. The van der Waals surface area contributed by atoms with Gasteiger partial charge in [0, 0.05) is 24.0 Å². The second-order valence-corrected chi connectivity index (χ2v) is 6.93. The highest BCUT2D eigenvalue weighted by Crippen LogP contribution is 2.25. The second-order valence-electron chi connectivity index (χ2n) is 6.93. The fourth-order valence-corrected chi connectivity index (χ4v) is 3.25. The van der Waals surface area contributed by atoms with E-state index in [1.165, 1.54) is 12.1 Å². The highest BCUT2D eigenvalue weighted by molar-refractivity contribution is 6.14. The summed E-state index contributed by atoms with van der Waals surface area (Å²) in [5, 5.41) is 17.1. The van der Waals surface area contributed by atoms with E-state index in [2.05, 4.69) is 32.9 Å². The number of nitrogens with one attached hydrogen (secondary N) is 3. The van der Waals surface area contributed by atoms with E-state index in [-0.39, 0.29) is 11.4 Å². The molecule has 162 valence electrons. The molecule has 3 rings (SSSR count). The van der Waals surface area contributed by atoms with E-state index in [0.29, 0.717) is 43.1 Å². The molecule has 1 aromatic heterocycles. The Bertz CT molecular complexity index is 897. The highest BCUT2D eigenvalue weighted by atomic mass is 19.1. The Labute approximate surface area is 175 Å². The third-order valence-electron chi connectivity index (χ3n) is 4.64. The Morgan fingerprint density at radius 3 is 2.93 bits per heavy atom. The van der Waals surface area contributed by atoms with Gasteiger partial charge in [-0.3, -0.25) is 9.89 Å². The number of aromatic amines is 1. The molecule has 1 aromatic carbocycles. The van der Waals surface area contributed by atoms with Gasteiger partial charge in [-0.15, -0.1) is 0 Å². The summed E-state index contributed by atoms with van der Waals surface area (Å²) in [4.78, 5) is 18.0. The minimum absolute atomic E-state index is 0.148. The lowest BCUT2D eigenvalue weighted by Gasteiger charge is -2.14. The van der Waals surface area contributed by atoms with Crippen molar-refractivity contribution in [2.75, 3.05) is 31.6 Å². The van der Waals surface area contributed by atoms with E-state index in [9.17, 15) is 9.18 Å². The molecule has 0 unspecified atom stereocenters. The fourth-order valence-electron chi connectivity index (χ4n) is 3.25. The number of carbonyl (C=O) groups is 1. The van der Waals surface area contributed by atoms with Crippen LogP contribution in [0.3, 0.4) is 0 Å². The molecule has 1 heterocycles. The van der Waals surface area contributed by atoms with Gasteiger partial charge >= 0.3 is 0 Å². The van der Waals surface area contributed by atoms with Gasteiger partial charge in [-0.1, -0.05) is 12.1 Å². The van der Waals surface area contributed by atoms with Gasteiger partial charge in [-0.2, -0.15) is 5.10 Å². The third-order valence-corrected chi connectivity index (χ3v) is 4.64. The number of oxime groups is 1. The van der Waals surface area contributed by atoms with Crippen LogP contribution in [0.25, 0.3) is 0 Å². The summed E-state index contributed by atoms with van der Waals surface area (Å²) in [5.41, 5.74) is 2.78. The molecule has 2 aromatic rings. The van der Waals surface area contributed by atoms with Gasteiger partial charge in [0.25, 0.3) is 5.91 Å². The minimum Gasteiger partial charge on any atom is -0.489 e. The molecule has 1 amide bonds. The number of anilines is 1. The molecular weight excluding hydrogens is 389 g/mol. The average Bonchev–Trinajstić information content (AvgIpc) is 3.18. The first-order chi connectivity index (χ1) is 14.6. The van der Waals surface area contributed by atoms with E-state index in [0.717, 1.165) is 31.5 Å². The number of benzene rings is 1. The van der Waals surface area contributed by atoms with Gasteiger partial charge in [-0.25, -0.2) is 4.39 Å². The van der Waals surface area contributed by atoms with Crippen molar-refractivity contribution in [1.29, 1.82) is 0 Å². The van der Waals surface area contributed by atoms with E-state index in [4.69, 9.17) is 9.57 Å². The molecule has 0 atom stereocenters. The molecule has 0 spiro atoms. The van der Waals surface area contributed by atoms with Crippen LogP contribution in [0.5, 0.6) is 5.75 Å². The molecule has 0 saturated heterocycles. The van der Waals surface area contributed by atoms with Crippen LogP contribution in [0.1, 0.15) is 54.9 Å². The van der Waals surface area contributed by atoms with Crippen LogP contribution in [-0.4, -0.2) is 48.1 Å². The average molecular weight is 417 g/mol. The van der Waals surface area contributed by atoms with Crippen molar-refractivity contribution in [3.63, 3.8) is 0 Å². The number of ether oxygens (including phenoxy) is 1. The molecule has 1 aliphatic carbocycles. The van der Waals surface area contributed by atoms with E-state index in [1.807, 2.05) is 6.92 Å². The van der Waals surface area contributed by atoms with E-state index < -0.39 is 11.7 Å². The summed E-state index contributed by atoms with van der Waals surface area (Å²) >= 11 is 0. The van der Waals surface area contributed by atoms with E-state index in [1.54, 1.807) is 6.07 Å². The molecule has 8 nitrogen and oxygen atoms in total. The summed E-state index contributed by atoms with van der Waals surface area (Å²) in [6, 6.07) is 4.35. The molecule has 0 fully saturated rings. The van der Waals surface area contributed by atoms with E-state index >= 15 is 0 Å². The Morgan fingerprint density at radius 2 is 2.17 bits per heavy atom. The number of halogens is 1. The van der Waals surface area contributed by atoms with Crippen molar-refractivity contribution in [2.45, 2.75) is 39.5 Å². The number of aryl methyl sites for hydroxylation is 1. The Hall–Kier alpha value is -2.94. The molecule has 1 aliphatic rings. The largest absolute Gasteiger partial charge is 0.489 e. The standard InChI is InChI=1S/C21H28FN5O3/c1-3-10-23-11-12-29-18-9-8-14(13-15(18)22)24-21(28)20-19-16(25-26-20)6-5-7-17(19)27-30-4-2/h8-9,13,23H,3-7,10-12H2,1-2H3,(H,24,28)(H,25,26)/b27-17+. The second kappa shape index (κ2) is 10.7. The van der Waals surface area contributed by atoms with Gasteiger partial charge in [0.15, 0.2) is 17.3 Å². The van der Waals surface area contributed by atoms with Crippen LogP contribution < -0.4 is 15.4 Å². The van der Waals surface area contributed by atoms with Crippen molar-refractivity contribution in [3.8, 4) is 5.75 Å². The van der Waals surface area contributed by atoms with Crippen molar-refractivity contribution in [3.05, 3.63) is 41.0 Å². The molecule has 0 radical (unpaired) electrons. The Kier molecular flexibility index (Phi) is 7.78. The molecule has 0 saturated carbocycles. The minimum atomic E-state index is -0.536. The zero-order chi connectivity index (χ0) is 21.3.